The topological polar surface area (TPSA) is 147 Å². The maximum absolute atomic E-state index is 14.1. The Bertz CT molecular complexity index is 1760. The number of aryl methyl sites for hydroxylation is 1. The van der Waals surface area contributed by atoms with Gasteiger partial charge in [-0.2, -0.15) is 0 Å². The summed E-state index contributed by atoms with van der Waals surface area (Å²) in [5, 5.41) is 11.9. The van der Waals surface area contributed by atoms with Crippen LogP contribution in [0.2, 0.25) is 0 Å². The zero-order valence-electron chi connectivity index (χ0n) is 24.2. The number of aromatic nitrogens is 1. The van der Waals surface area contributed by atoms with E-state index in [-0.39, 0.29) is 45.2 Å². The maximum atomic E-state index is 14.1. The lowest BCUT2D eigenvalue weighted by atomic mass is 9.94. The molecule has 0 fully saturated rings. The lowest BCUT2D eigenvalue weighted by Crippen LogP contribution is -2.31. The molecule has 5 rings (SSSR count). The molecule has 0 bridgehead atoms. The van der Waals surface area contributed by atoms with E-state index in [0.29, 0.717) is 28.0 Å². The van der Waals surface area contributed by atoms with E-state index in [1.807, 2.05) is 0 Å². The van der Waals surface area contributed by atoms with Gasteiger partial charge < -0.3 is 33.2 Å². The number of fused-ring (bicyclic) bond motifs is 1. The number of benzene rings is 2. The second kappa shape index (κ2) is 11.7. The fraction of sp³-hybridized carbons (Fsp3) is 0.267. The van der Waals surface area contributed by atoms with E-state index in [9.17, 15) is 19.5 Å². The zero-order chi connectivity index (χ0) is 31.0. The third kappa shape index (κ3) is 4.91. The Hall–Kier alpha value is -5.04. The molecule has 224 valence electrons. The molecule has 13 heteroatoms. The van der Waals surface area contributed by atoms with E-state index in [2.05, 4.69) is 4.98 Å². The first-order chi connectivity index (χ1) is 20.7. The van der Waals surface area contributed by atoms with Gasteiger partial charge in [0.05, 0.1) is 52.4 Å². The van der Waals surface area contributed by atoms with Gasteiger partial charge in [0.1, 0.15) is 4.88 Å². The number of aliphatic hydroxyl groups excluding tert-OH is 1. The van der Waals surface area contributed by atoms with E-state index in [1.165, 1.54) is 34.5 Å². The van der Waals surface area contributed by atoms with Crippen LogP contribution in [-0.4, -0.2) is 62.8 Å². The van der Waals surface area contributed by atoms with Crippen LogP contribution in [0, 0.1) is 6.92 Å². The van der Waals surface area contributed by atoms with Crippen molar-refractivity contribution in [1.82, 2.24) is 4.98 Å². The van der Waals surface area contributed by atoms with Crippen molar-refractivity contribution < 1.29 is 47.6 Å². The smallest absolute Gasteiger partial charge is 0.350 e. The molecule has 4 aromatic rings. The number of thiazole rings is 1. The highest BCUT2D eigenvalue weighted by Gasteiger charge is 2.47. The number of aliphatic hydroxyl groups is 1. The number of carbonyl (C=O) groups is 3. The van der Waals surface area contributed by atoms with Crippen molar-refractivity contribution in [3.05, 3.63) is 69.6 Å². The minimum atomic E-state index is -1.23. The first-order valence-electron chi connectivity index (χ1n) is 13.0. The largest absolute Gasteiger partial charge is 0.503 e. The Labute approximate surface area is 250 Å². The van der Waals surface area contributed by atoms with Gasteiger partial charge in [0.2, 0.25) is 11.5 Å². The Kier molecular flexibility index (Phi) is 8.00. The number of furan rings is 1. The highest BCUT2D eigenvalue weighted by atomic mass is 32.1. The lowest BCUT2D eigenvalue weighted by molar-refractivity contribution is -0.117. The molecule has 0 saturated carbocycles. The number of Topliss-reactive ketones (excluding diaryl/α,β-unsaturated/α-hetero) is 1. The van der Waals surface area contributed by atoms with Gasteiger partial charge in [-0.1, -0.05) is 23.5 Å². The maximum Gasteiger partial charge on any atom is 0.350 e. The monoisotopic (exact) mass is 608 g/mol. The van der Waals surface area contributed by atoms with Gasteiger partial charge in [-0.25, -0.2) is 9.78 Å². The van der Waals surface area contributed by atoms with E-state index >= 15 is 0 Å². The van der Waals surface area contributed by atoms with Crippen molar-refractivity contribution in [1.29, 1.82) is 0 Å². The minimum absolute atomic E-state index is 0.0601. The molecule has 0 aliphatic carbocycles. The van der Waals surface area contributed by atoms with Crippen LogP contribution >= 0.6 is 11.3 Å². The molecule has 43 heavy (non-hydrogen) atoms. The summed E-state index contributed by atoms with van der Waals surface area (Å²) in [7, 11) is 5.77. The number of ether oxygens (including phenoxy) is 5. The van der Waals surface area contributed by atoms with E-state index in [4.69, 9.17) is 28.1 Å². The van der Waals surface area contributed by atoms with Crippen LogP contribution in [0.25, 0.3) is 11.0 Å². The molecule has 1 unspecified atom stereocenters. The minimum Gasteiger partial charge on any atom is -0.503 e. The van der Waals surface area contributed by atoms with Gasteiger partial charge >= 0.3 is 5.97 Å². The van der Waals surface area contributed by atoms with Crippen molar-refractivity contribution >= 4 is 45.1 Å². The third-order valence-electron chi connectivity index (χ3n) is 6.86. The van der Waals surface area contributed by atoms with Crippen LogP contribution in [0.15, 0.2) is 52.1 Å². The molecule has 0 radical (unpaired) electrons. The summed E-state index contributed by atoms with van der Waals surface area (Å²) in [5.74, 6) is -2.00. The Morgan fingerprint density at radius 2 is 1.70 bits per heavy atom. The number of carbonyl (C=O) groups excluding carboxylic acids is 3. The molecule has 1 atom stereocenters. The quantitative estimate of drug-likeness (QED) is 0.187. The Balaban J connectivity index is 1.71. The molecular weight excluding hydrogens is 580 g/mol. The van der Waals surface area contributed by atoms with E-state index in [1.54, 1.807) is 44.2 Å². The molecule has 0 saturated heterocycles. The SMILES string of the molecule is CCOC(=O)c1sc(N2C(=O)C(O)=C(C(=O)c3cc4cccc(OC)c4o3)C2c2cc(OC)c(OC)c(OC)c2)nc1C. The molecule has 1 amide bonds. The summed E-state index contributed by atoms with van der Waals surface area (Å²) in [5.41, 5.74) is 0.699. The third-order valence-corrected chi connectivity index (χ3v) is 8.00. The first kappa shape index (κ1) is 29.5. The highest BCUT2D eigenvalue weighted by molar-refractivity contribution is 7.17. The van der Waals surface area contributed by atoms with Gasteiger partial charge in [0.25, 0.3) is 5.91 Å². The summed E-state index contributed by atoms with van der Waals surface area (Å²) in [6, 6.07) is 8.56. The van der Waals surface area contributed by atoms with Crippen LogP contribution in [0.4, 0.5) is 5.13 Å². The Morgan fingerprint density at radius 3 is 2.30 bits per heavy atom. The van der Waals surface area contributed by atoms with Crippen LogP contribution in [0.3, 0.4) is 0 Å². The van der Waals surface area contributed by atoms with Gasteiger partial charge in [0, 0.05) is 5.39 Å². The number of anilines is 1. The fourth-order valence-corrected chi connectivity index (χ4v) is 5.91. The second-order valence-electron chi connectivity index (χ2n) is 9.25. The number of hydrogen-bond acceptors (Lipinski definition) is 12. The molecule has 1 N–H and O–H groups in total. The lowest BCUT2D eigenvalue weighted by Gasteiger charge is -2.25. The van der Waals surface area contributed by atoms with E-state index in [0.717, 1.165) is 16.2 Å². The van der Waals surface area contributed by atoms with E-state index < -0.39 is 29.5 Å². The van der Waals surface area contributed by atoms with Crippen LogP contribution in [-0.2, 0) is 9.53 Å². The molecule has 1 aliphatic rings. The number of methoxy groups -OCH3 is 4. The van der Waals surface area contributed by atoms with Gasteiger partial charge in [-0.15, -0.1) is 0 Å². The number of esters is 1. The summed E-state index contributed by atoms with van der Waals surface area (Å²) in [6.07, 6.45) is 0. The van der Waals surface area contributed by atoms with Crippen LogP contribution in [0.5, 0.6) is 23.0 Å². The molecule has 3 heterocycles. The molecule has 1 aliphatic heterocycles. The number of rotatable bonds is 10. The Morgan fingerprint density at radius 1 is 1.02 bits per heavy atom. The number of nitrogens with zero attached hydrogens (tertiary/aromatic N) is 2. The highest BCUT2D eigenvalue weighted by Crippen LogP contribution is 2.48. The van der Waals surface area contributed by atoms with Crippen molar-refractivity contribution in [2.75, 3.05) is 39.9 Å². The van der Waals surface area contributed by atoms with Gasteiger partial charge in [-0.3, -0.25) is 14.5 Å². The second-order valence-corrected chi connectivity index (χ2v) is 10.2. The predicted molar refractivity (Wildman–Crippen MR) is 156 cm³/mol. The van der Waals surface area contributed by atoms with Gasteiger partial charge in [-0.05, 0) is 43.7 Å². The zero-order valence-corrected chi connectivity index (χ0v) is 25.0. The summed E-state index contributed by atoms with van der Waals surface area (Å²) < 4.78 is 32.9. The van der Waals surface area contributed by atoms with Crippen molar-refractivity contribution in [2.45, 2.75) is 19.9 Å². The molecule has 2 aromatic carbocycles. The molecule has 12 nitrogen and oxygen atoms in total. The molecule has 0 spiro atoms. The summed E-state index contributed by atoms with van der Waals surface area (Å²) in [4.78, 5) is 46.2. The van der Waals surface area contributed by atoms with Crippen molar-refractivity contribution in [2.24, 2.45) is 0 Å². The summed E-state index contributed by atoms with van der Waals surface area (Å²) >= 11 is 0.898. The number of amides is 1. The van der Waals surface area contributed by atoms with Crippen LogP contribution in [0.1, 0.15) is 44.4 Å². The number of hydrogen-bond donors (Lipinski definition) is 1. The standard InChI is InChI=1S/C30H28N2O10S/c1-7-41-29(36)27-14(2)31-30(43-27)32-22(16-12-19(38-4)26(40-6)20(13-16)39-5)21(24(34)28(32)35)23(33)18-11-15-9-8-10-17(37-3)25(15)42-18/h8-13,22,34H,7H2,1-6H3. The molecular formula is C30H28N2O10S. The van der Waals surface area contributed by atoms with Crippen molar-refractivity contribution in [3.8, 4) is 23.0 Å². The number of ketones is 1. The summed E-state index contributed by atoms with van der Waals surface area (Å²) in [6.45, 7) is 3.42. The fourth-order valence-electron chi connectivity index (χ4n) is 4.92. The van der Waals surface area contributed by atoms with Crippen LogP contribution < -0.4 is 23.8 Å². The predicted octanol–water partition coefficient (Wildman–Crippen LogP) is 5.19. The first-order valence-corrected chi connectivity index (χ1v) is 13.8. The number of para-hydroxylation sites is 1. The normalized spacial score (nSPS) is 14.8. The van der Waals surface area contributed by atoms with Crippen molar-refractivity contribution in [3.63, 3.8) is 0 Å². The molecule has 2 aromatic heterocycles. The average molecular weight is 609 g/mol. The average Bonchev–Trinajstić information content (AvgIpc) is 3.69. The van der Waals surface area contributed by atoms with Gasteiger partial charge in [0.15, 0.2) is 39.5 Å².